The first kappa shape index (κ1) is 61.3. The Morgan fingerprint density at radius 3 is 1.31 bits per heavy atom. The van der Waals surface area contributed by atoms with Crippen LogP contribution in [-0.2, 0) is 70.4 Å². The average molecular weight is 1020 g/mol. The Bertz CT molecular complexity index is 2170. The van der Waals surface area contributed by atoms with Gasteiger partial charge in [0.1, 0.15) is 41.5 Å². The molecular weight excluding hydrogens is 949 g/mol. The number of hydrogen-bond acceptors (Lipinski definition) is 13. The molecule has 0 saturated heterocycles. The summed E-state index contributed by atoms with van der Waals surface area (Å²) in [5.74, 6) is -5.85. The van der Waals surface area contributed by atoms with Gasteiger partial charge < -0.3 is 42.5 Å². The molecule has 2 aromatic carbocycles. The third-order valence-corrected chi connectivity index (χ3v) is 11.6. The van der Waals surface area contributed by atoms with E-state index in [2.05, 4.69) is 42.5 Å². The first-order valence-corrected chi connectivity index (χ1v) is 25.2. The zero-order chi connectivity index (χ0) is 53.6. The molecule has 2 rings (SSSR count). The topological polar surface area (TPSA) is 301 Å². The SMILES string of the molecule is CC(=O)CNC(=O)C(Cc1ccccc1)NC(=O)C(CC(C)C)NC(=O)CNC(=O)CCCC(=O)CCC(=O)CNC(=O)C(Cc1ccccc1)NC(=O)C(CC(C)C)NC(=O)CNC(=O)CSCC(C)=O. The molecule has 2 aromatic rings. The number of hydrogen-bond donors (Lipinski definition) is 8. The van der Waals surface area contributed by atoms with E-state index in [-0.39, 0.29) is 105 Å². The van der Waals surface area contributed by atoms with E-state index < -0.39 is 96.8 Å². The molecule has 4 unspecified atom stereocenters. The van der Waals surface area contributed by atoms with Gasteiger partial charge in [0.2, 0.25) is 47.3 Å². The average Bonchev–Trinajstić information content (AvgIpc) is 3.32. The van der Waals surface area contributed by atoms with Crippen molar-refractivity contribution in [1.82, 2.24) is 42.5 Å². The molecule has 21 heteroatoms. The molecular formula is C51H72N8O12S. The smallest absolute Gasteiger partial charge is 0.243 e. The highest BCUT2D eigenvalue weighted by molar-refractivity contribution is 8.00. The second kappa shape index (κ2) is 33.7. The zero-order valence-corrected chi connectivity index (χ0v) is 43.0. The number of amides is 8. The number of Topliss-reactive ketones (excluding diaryl/α,β-unsaturated/α-hetero) is 4. The van der Waals surface area contributed by atoms with Gasteiger partial charge in [-0.15, -0.1) is 11.8 Å². The lowest BCUT2D eigenvalue weighted by atomic mass is 10.0. The predicted octanol–water partition coefficient (Wildman–Crippen LogP) is 0.968. The van der Waals surface area contributed by atoms with Gasteiger partial charge in [-0.25, -0.2) is 0 Å². The van der Waals surface area contributed by atoms with Crippen LogP contribution in [0.15, 0.2) is 60.7 Å². The number of rotatable bonds is 35. The summed E-state index contributed by atoms with van der Waals surface area (Å²) in [5.41, 5.74) is 1.47. The van der Waals surface area contributed by atoms with Crippen molar-refractivity contribution in [2.75, 3.05) is 37.7 Å². The fraction of sp³-hybridized carbons (Fsp3) is 0.529. The van der Waals surface area contributed by atoms with Crippen LogP contribution in [-0.4, -0.2) is 132 Å². The molecule has 8 N–H and O–H groups in total. The van der Waals surface area contributed by atoms with Crippen LogP contribution >= 0.6 is 11.8 Å². The molecule has 0 fully saturated rings. The molecule has 0 spiro atoms. The maximum Gasteiger partial charge on any atom is 0.243 e. The van der Waals surface area contributed by atoms with E-state index in [1.54, 1.807) is 54.6 Å². The third kappa shape index (κ3) is 27.6. The van der Waals surface area contributed by atoms with Crippen molar-refractivity contribution in [1.29, 1.82) is 0 Å². The van der Waals surface area contributed by atoms with Crippen molar-refractivity contribution in [2.45, 2.75) is 123 Å². The summed E-state index contributed by atoms with van der Waals surface area (Å²) in [6.45, 7) is 8.60. The van der Waals surface area contributed by atoms with E-state index in [9.17, 15) is 57.5 Å². The predicted molar refractivity (Wildman–Crippen MR) is 271 cm³/mol. The number of carbonyl (C=O) groups is 12. The van der Waals surface area contributed by atoms with Gasteiger partial charge >= 0.3 is 0 Å². The van der Waals surface area contributed by atoms with E-state index in [4.69, 9.17) is 0 Å². The van der Waals surface area contributed by atoms with E-state index >= 15 is 0 Å². The van der Waals surface area contributed by atoms with Crippen LogP contribution in [0.3, 0.4) is 0 Å². The number of thioether (sulfide) groups is 1. The van der Waals surface area contributed by atoms with Crippen LogP contribution in [0.4, 0.5) is 0 Å². The summed E-state index contributed by atoms with van der Waals surface area (Å²) in [4.78, 5) is 152. The van der Waals surface area contributed by atoms with Crippen molar-refractivity contribution >= 4 is 82.2 Å². The van der Waals surface area contributed by atoms with E-state index in [0.29, 0.717) is 5.56 Å². The summed E-state index contributed by atoms with van der Waals surface area (Å²) in [7, 11) is 0. The highest BCUT2D eigenvalue weighted by Crippen LogP contribution is 2.11. The molecule has 0 bridgehead atoms. The Hall–Kier alpha value is -6.77. The molecule has 4 atom stereocenters. The first-order valence-electron chi connectivity index (χ1n) is 24.1. The van der Waals surface area contributed by atoms with Crippen LogP contribution in [0.1, 0.15) is 97.6 Å². The molecule has 0 aromatic heterocycles. The lowest BCUT2D eigenvalue weighted by Gasteiger charge is -2.24. The standard InChI is InChI=1S/C51H72N8O12S/c1-32(2)22-40(50(70)58-42(48(68)54-26-34(5)60)24-36-14-9-7-10-15-36)56-45(65)28-52-44(64)19-13-18-38(62)20-21-39(63)27-55-49(69)43(25-37-16-11-8-12-17-37)59-51(71)41(23-33(3)4)57-46(66)29-53-47(67)31-72-30-35(6)61/h7-12,14-17,32-33,40-43H,13,18-31H2,1-6H3,(H,52,64)(H,53,67)(H,54,68)(H,55,69)(H,56,65)(H,57,66)(H,58,70)(H,59,71). The van der Waals surface area contributed by atoms with E-state index in [0.717, 1.165) is 17.3 Å². The molecule has 0 heterocycles. The maximum atomic E-state index is 13.6. The quantitative estimate of drug-likeness (QED) is 0.0478. The molecule has 8 amide bonds. The van der Waals surface area contributed by atoms with Gasteiger partial charge in [-0.1, -0.05) is 88.4 Å². The Kier molecular flexibility index (Phi) is 28.8. The molecule has 394 valence electrons. The van der Waals surface area contributed by atoms with Crippen LogP contribution in [0.25, 0.3) is 0 Å². The molecule has 20 nitrogen and oxygen atoms in total. The Labute approximate surface area is 425 Å². The lowest BCUT2D eigenvalue weighted by molar-refractivity contribution is -0.133. The summed E-state index contributed by atoms with van der Waals surface area (Å²) in [6, 6.07) is 13.5. The fourth-order valence-electron chi connectivity index (χ4n) is 6.93. The van der Waals surface area contributed by atoms with Gasteiger partial charge in [0, 0.05) is 38.5 Å². The molecule has 72 heavy (non-hydrogen) atoms. The number of nitrogens with one attached hydrogen (secondary N) is 8. The minimum Gasteiger partial charge on any atom is -0.347 e. The molecule has 0 aliphatic heterocycles. The van der Waals surface area contributed by atoms with Gasteiger partial charge in [0.25, 0.3) is 0 Å². The van der Waals surface area contributed by atoms with E-state index in [1.165, 1.54) is 13.8 Å². The monoisotopic (exact) mass is 1020 g/mol. The van der Waals surface area contributed by atoms with Crippen molar-refractivity contribution in [2.24, 2.45) is 11.8 Å². The minimum atomic E-state index is -1.15. The summed E-state index contributed by atoms with van der Waals surface area (Å²) >= 11 is 1.11. The third-order valence-electron chi connectivity index (χ3n) is 10.5. The van der Waals surface area contributed by atoms with Crippen LogP contribution in [0.5, 0.6) is 0 Å². The van der Waals surface area contributed by atoms with Crippen molar-refractivity contribution in [3.05, 3.63) is 71.8 Å². The summed E-state index contributed by atoms with van der Waals surface area (Å²) in [5, 5.41) is 20.6. The number of carbonyl (C=O) groups excluding carboxylic acids is 12. The van der Waals surface area contributed by atoms with Gasteiger partial charge in [-0.2, -0.15) is 0 Å². The van der Waals surface area contributed by atoms with E-state index in [1.807, 2.05) is 33.8 Å². The number of benzene rings is 2. The second-order valence-corrected chi connectivity index (χ2v) is 19.3. The van der Waals surface area contributed by atoms with Gasteiger partial charge in [0.15, 0.2) is 5.78 Å². The molecule has 0 aliphatic rings. The maximum absolute atomic E-state index is 13.6. The van der Waals surface area contributed by atoms with Crippen molar-refractivity contribution in [3.63, 3.8) is 0 Å². The second-order valence-electron chi connectivity index (χ2n) is 18.3. The highest BCUT2D eigenvalue weighted by Gasteiger charge is 2.30. The van der Waals surface area contributed by atoms with Crippen LogP contribution < -0.4 is 42.5 Å². The summed E-state index contributed by atoms with van der Waals surface area (Å²) < 4.78 is 0. The van der Waals surface area contributed by atoms with Crippen molar-refractivity contribution in [3.8, 4) is 0 Å². The Morgan fingerprint density at radius 1 is 0.417 bits per heavy atom. The van der Waals surface area contributed by atoms with Crippen molar-refractivity contribution < 1.29 is 57.5 Å². The zero-order valence-electron chi connectivity index (χ0n) is 42.2. The lowest BCUT2D eigenvalue weighted by Crippen LogP contribution is -2.56. The molecule has 0 saturated carbocycles. The first-order chi connectivity index (χ1) is 34.1. The molecule has 0 radical (unpaired) electrons. The van der Waals surface area contributed by atoms with Gasteiger partial charge in [-0.3, -0.25) is 57.5 Å². The normalized spacial score (nSPS) is 12.5. The molecule has 0 aliphatic carbocycles. The Balaban J connectivity index is 1.87. The fourth-order valence-corrected chi connectivity index (χ4v) is 7.60. The van der Waals surface area contributed by atoms with Gasteiger partial charge in [0.05, 0.1) is 37.7 Å². The van der Waals surface area contributed by atoms with Crippen LogP contribution in [0, 0.1) is 11.8 Å². The Morgan fingerprint density at radius 2 is 0.861 bits per heavy atom. The summed E-state index contributed by atoms with van der Waals surface area (Å²) in [6.07, 6.45) is 0.252. The number of ketones is 4. The van der Waals surface area contributed by atoms with Gasteiger partial charge in [-0.05, 0) is 56.1 Å². The van der Waals surface area contributed by atoms with Crippen LogP contribution in [0.2, 0.25) is 0 Å². The highest BCUT2D eigenvalue weighted by atomic mass is 32.2. The largest absolute Gasteiger partial charge is 0.347 e. The minimum absolute atomic E-state index is 0.0227.